The van der Waals surface area contributed by atoms with Crippen LogP contribution in [0.25, 0.3) is 0 Å². The van der Waals surface area contributed by atoms with Crippen LogP contribution in [0.5, 0.6) is 0 Å². The molecule has 168 valence electrons. The molecule has 1 saturated heterocycles. The first-order valence-electron chi connectivity index (χ1n) is 10.1. The van der Waals surface area contributed by atoms with Crippen LogP contribution in [0.15, 0.2) is 69.8 Å². The van der Waals surface area contributed by atoms with Gasteiger partial charge in [-0.25, -0.2) is 8.42 Å². The SMILES string of the molecule is O=C(NCc1ccc(Cn2ccccc2=O)cc1)c1sccc1S(=O)(=O)N1CCOCC1. The molecule has 0 bridgehead atoms. The van der Waals surface area contributed by atoms with Crippen LogP contribution < -0.4 is 10.9 Å². The lowest BCUT2D eigenvalue weighted by molar-refractivity contribution is 0.0730. The Hall–Kier alpha value is -2.79. The van der Waals surface area contributed by atoms with Crippen LogP contribution >= 0.6 is 11.3 Å². The zero-order chi connectivity index (χ0) is 22.6. The molecule has 1 amide bonds. The van der Waals surface area contributed by atoms with E-state index in [4.69, 9.17) is 4.74 Å². The van der Waals surface area contributed by atoms with Crippen LogP contribution in [0.4, 0.5) is 0 Å². The molecule has 0 spiro atoms. The van der Waals surface area contributed by atoms with Crippen molar-refractivity contribution in [2.24, 2.45) is 0 Å². The molecule has 0 radical (unpaired) electrons. The highest BCUT2D eigenvalue weighted by Crippen LogP contribution is 2.26. The van der Waals surface area contributed by atoms with E-state index in [1.54, 1.807) is 22.2 Å². The minimum Gasteiger partial charge on any atom is -0.379 e. The van der Waals surface area contributed by atoms with Gasteiger partial charge in [-0.15, -0.1) is 11.3 Å². The summed E-state index contributed by atoms with van der Waals surface area (Å²) in [5.74, 6) is -0.424. The van der Waals surface area contributed by atoms with E-state index in [-0.39, 0.29) is 35.0 Å². The first kappa shape index (κ1) is 22.4. The molecule has 0 unspecified atom stereocenters. The normalized spacial score (nSPS) is 14.9. The number of rotatable bonds is 7. The highest BCUT2D eigenvalue weighted by molar-refractivity contribution is 7.89. The van der Waals surface area contributed by atoms with Crippen molar-refractivity contribution in [3.8, 4) is 0 Å². The number of benzene rings is 1. The van der Waals surface area contributed by atoms with E-state index < -0.39 is 15.9 Å². The molecule has 4 rings (SSSR count). The molecule has 3 aromatic rings. The smallest absolute Gasteiger partial charge is 0.263 e. The summed E-state index contributed by atoms with van der Waals surface area (Å²) in [6, 6.07) is 14.1. The first-order chi connectivity index (χ1) is 15.4. The van der Waals surface area contributed by atoms with Gasteiger partial charge in [-0.3, -0.25) is 9.59 Å². The van der Waals surface area contributed by atoms with Gasteiger partial charge in [0, 0.05) is 31.9 Å². The Labute approximate surface area is 190 Å². The van der Waals surface area contributed by atoms with Crippen LogP contribution in [0, 0.1) is 0 Å². The van der Waals surface area contributed by atoms with Crippen molar-refractivity contribution in [1.82, 2.24) is 14.2 Å². The van der Waals surface area contributed by atoms with Crippen LogP contribution in [0.3, 0.4) is 0 Å². The van der Waals surface area contributed by atoms with Crippen molar-refractivity contribution < 1.29 is 17.9 Å². The Kier molecular flexibility index (Phi) is 6.85. The number of carbonyl (C=O) groups is 1. The highest BCUT2D eigenvalue weighted by atomic mass is 32.2. The molecule has 0 aliphatic carbocycles. The summed E-state index contributed by atoms with van der Waals surface area (Å²) in [6.45, 7) is 1.98. The Balaban J connectivity index is 1.40. The van der Waals surface area contributed by atoms with E-state index in [0.29, 0.717) is 19.8 Å². The molecule has 0 saturated carbocycles. The number of sulfonamides is 1. The second-order valence-electron chi connectivity index (χ2n) is 7.30. The van der Waals surface area contributed by atoms with Gasteiger partial charge in [0.15, 0.2) is 0 Å². The fourth-order valence-electron chi connectivity index (χ4n) is 3.41. The third-order valence-electron chi connectivity index (χ3n) is 5.15. The maximum atomic E-state index is 12.9. The maximum Gasteiger partial charge on any atom is 0.263 e. The fourth-order valence-corrected chi connectivity index (χ4v) is 6.13. The first-order valence-corrected chi connectivity index (χ1v) is 12.4. The van der Waals surface area contributed by atoms with Crippen molar-refractivity contribution in [1.29, 1.82) is 0 Å². The van der Waals surface area contributed by atoms with Crippen LogP contribution in [-0.2, 0) is 27.8 Å². The number of thiophene rings is 1. The van der Waals surface area contributed by atoms with Crippen molar-refractivity contribution in [2.45, 2.75) is 18.0 Å². The maximum absolute atomic E-state index is 12.9. The number of carbonyl (C=O) groups excluding carboxylic acids is 1. The Bertz CT molecular complexity index is 1240. The molecule has 1 fully saturated rings. The summed E-state index contributed by atoms with van der Waals surface area (Å²) in [4.78, 5) is 24.8. The van der Waals surface area contributed by atoms with Gasteiger partial charge in [-0.1, -0.05) is 30.3 Å². The third-order valence-corrected chi connectivity index (χ3v) is 8.13. The van der Waals surface area contributed by atoms with Crippen molar-refractivity contribution in [3.63, 3.8) is 0 Å². The molecule has 1 N–H and O–H groups in total. The van der Waals surface area contributed by atoms with Gasteiger partial charge in [0.25, 0.3) is 11.5 Å². The second-order valence-corrected chi connectivity index (χ2v) is 10.1. The van der Waals surface area contributed by atoms with Crippen molar-refractivity contribution in [2.75, 3.05) is 26.3 Å². The topological polar surface area (TPSA) is 97.7 Å². The molecule has 2 aromatic heterocycles. The van der Waals surface area contributed by atoms with Crippen molar-refractivity contribution >= 4 is 27.3 Å². The van der Waals surface area contributed by atoms with E-state index in [0.717, 1.165) is 22.5 Å². The largest absolute Gasteiger partial charge is 0.379 e. The fraction of sp³-hybridized carbons (Fsp3) is 0.273. The number of morpholine rings is 1. The molecular weight excluding hydrogens is 450 g/mol. The van der Waals surface area contributed by atoms with Crippen LogP contribution in [0.2, 0.25) is 0 Å². The standard InChI is InChI=1S/C22H23N3O5S2/c26-20-3-1-2-9-24(20)16-18-6-4-17(5-7-18)15-23-22(27)21-19(8-14-31-21)32(28,29)25-10-12-30-13-11-25/h1-9,14H,10-13,15-16H2,(H,23,27). The number of ether oxygens (including phenoxy) is 1. The summed E-state index contributed by atoms with van der Waals surface area (Å²) in [7, 11) is -3.74. The minimum atomic E-state index is -3.74. The minimum absolute atomic E-state index is 0.0329. The molecule has 3 heterocycles. The van der Waals surface area contributed by atoms with Crippen LogP contribution in [0.1, 0.15) is 20.8 Å². The number of hydrogen-bond donors (Lipinski definition) is 1. The Morgan fingerprint density at radius 3 is 2.47 bits per heavy atom. The third kappa shape index (κ3) is 4.99. The molecule has 10 heteroatoms. The molecule has 1 aromatic carbocycles. The number of aromatic nitrogens is 1. The van der Waals surface area contributed by atoms with Gasteiger partial charge in [-0.2, -0.15) is 4.31 Å². The number of hydrogen-bond acceptors (Lipinski definition) is 6. The average molecular weight is 474 g/mol. The van der Waals surface area contributed by atoms with E-state index in [1.165, 1.54) is 16.4 Å². The monoisotopic (exact) mass is 473 g/mol. The quantitative estimate of drug-likeness (QED) is 0.565. The molecule has 0 atom stereocenters. The molecule has 1 aliphatic heterocycles. The van der Waals surface area contributed by atoms with Gasteiger partial charge in [0.1, 0.15) is 9.77 Å². The second kappa shape index (κ2) is 9.78. The van der Waals surface area contributed by atoms with E-state index in [2.05, 4.69) is 5.32 Å². The summed E-state index contributed by atoms with van der Waals surface area (Å²) in [6.07, 6.45) is 1.74. The number of nitrogens with one attached hydrogen (secondary N) is 1. The van der Waals surface area contributed by atoms with Crippen LogP contribution in [-0.4, -0.2) is 49.5 Å². The van der Waals surface area contributed by atoms with Gasteiger partial charge in [-0.05, 0) is 28.6 Å². The predicted octanol–water partition coefficient (Wildman–Crippen LogP) is 1.91. The van der Waals surface area contributed by atoms with Gasteiger partial charge in [0.05, 0.1) is 19.8 Å². The molecule has 8 nitrogen and oxygen atoms in total. The van der Waals surface area contributed by atoms with E-state index in [9.17, 15) is 18.0 Å². The summed E-state index contributed by atoms with van der Waals surface area (Å²) >= 11 is 1.11. The highest BCUT2D eigenvalue weighted by Gasteiger charge is 2.31. The number of nitrogens with zero attached hydrogens (tertiary/aromatic N) is 2. The molecular formula is C22H23N3O5S2. The number of amides is 1. The van der Waals surface area contributed by atoms with Crippen molar-refractivity contribution in [3.05, 3.63) is 86.5 Å². The lowest BCUT2D eigenvalue weighted by atomic mass is 10.1. The Morgan fingerprint density at radius 1 is 1.03 bits per heavy atom. The van der Waals surface area contributed by atoms with Gasteiger partial charge < -0.3 is 14.6 Å². The lowest BCUT2D eigenvalue weighted by Gasteiger charge is -2.26. The van der Waals surface area contributed by atoms with Gasteiger partial charge in [0.2, 0.25) is 10.0 Å². The Morgan fingerprint density at radius 2 is 1.75 bits per heavy atom. The summed E-state index contributed by atoms with van der Waals surface area (Å²) in [5.41, 5.74) is 1.77. The van der Waals surface area contributed by atoms with E-state index >= 15 is 0 Å². The predicted molar refractivity (Wildman–Crippen MR) is 121 cm³/mol. The summed E-state index contributed by atoms with van der Waals surface area (Å²) < 4.78 is 34.1. The lowest BCUT2D eigenvalue weighted by Crippen LogP contribution is -2.41. The summed E-state index contributed by atoms with van der Waals surface area (Å²) in [5, 5.41) is 4.42. The zero-order valence-electron chi connectivity index (χ0n) is 17.3. The van der Waals surface area contributed by atoms with E-state index in [1.807, 2.05) is 30.3 Å². The average Bonchev–Trinajstić information content (AvgIpc) is 3.32. The molecule has 32 heavy (non-hydrogen) atoms. The molecule has 1 aliphatic rings. The number of pyridine rings is 1. The van der Waals surface area contributed by atoms with Gasteiger partial charge >= 0.3 is 0 Å². The zero-order valence-corrected chi connectivity index (χ0v) is 18.9.